The molecular weight excluding hydrogens is 216 g/mol. The standard InChI is InChI=1S/C14H20O3/c1-5-17-13(15)11-6-8-12(9-7-11)14(4,16)10(2)3/h6-10,16H,5H2,1-4H3/t14-/m1/s1. The molecule has 1 aromatic carbocycles. The molecule has 3 heteroatoms. The van der Waals surface area contributed by atoms with Crippen LogP contribution in [-0.4, -0.2) is 17.7 Å². The van der Waals surface area contributed by atoms with Crippen molar-refractivity contribution in [3.63, 3.8) is 0 Å². The van der Waals surface area contributed by atoms with Crippen LogP contribution in [0.5, 0.6) is 0 Å². The Morgan fingerprint density at radius 1 is 1.35 bits per heavy atom. The van der Waals surface area contributed by atoms with Crippen LogP contribution in [0.25, 0.3) is 0 Å². The molecular formula is C14H20O3. The summed E-state index contributed by atoms with van der Waals surface area (Å²) >= 11 is 0. The number of benzene rings is 1. The maximum absolute atomic E-state index is 11.5. The van der Waals surface area contributed by atoms with Crippen LogP contribution in [-0.2, 0) is 10.3 Å². The topological polar surface area (TPSA) is 46.5 Å². The second kappa shape index (κ2) is 5.32. The van der Waals surface area contributed by atoms with Crippen LogP contribution in [0.1, 0.15) is 43.6 Å². The monoisotopic (exact) mass is 236 g/mol. The van der Waals surface area contributed by atoms with Gasteiger partial charge in [0.25, 0.3) is 0 Å². The molecule has 0 bridgehead atoms. The summed E-state index contributed by atoms with van der Waals surface area (Å²) in [7, 11) is 0. The Balaban J connectivity index is 2.92. The molecule has 1 rings (SSSR count). The summed E-state index contributed by atoms with van der Waals surface area (Å²) in [4.78, 5) is 11.5. The molecule has 94 valence electrons. The maximum atomic E-state index is 11.5. The second-order valence-corrected chi connectivity index (χ2v) is 4.60. The van der Waals surface area contributed by atoms with E-state index < -0.39 is 5.60 Å². The van der Waals surface area contributed by atoms with E-state index in [0.717, 1.165) is 5.56 Å². The van der Waals surface area contributed by atoms with Crippen LogP contribution in [0.2, 0.25) is 0 Å². The normalized spacial score (nSPS) is 14.5. The lowest BCUT2D eigenvalue weighted by atomic mass is 9.85. The van der Waals surface area contributed by atoms with Crippen molar-refractivity contribution < 1.29 is 14.6 Å². The summed E-state index contributed by atoms with van der Waals surface area (Å²) in [5, 5.41) is 10.3. The molecule has 0 unspecified atom stereocenters. The van der Waals surface area contributed by atoms with Gasteiger partial charge in [-0.25, -0.2) is 4.79 Å². The highest BCUT2D eigenvalue weighted by atomic mass is 16.5. The van der Waals surface area contributed by atoms with Gasteiger partial charge in [0.2, 0.25) is 0 Å². The molecule has 1 aromatic rings. The predicted molar refractivity (Wildman–Crippen MR) is 66.8 cm³/mol. The van der Waals surface area contributed by atoms with Gasteiger partial charge < -0.3 is 9.84 Å². The van der Waals surface area contributed by atoms with E-state index in [9.17, 15) is 9.90 Å². The quantitative estimate of drug-likeness (QED) is 0.818. The Labute approximate surface area is 102 Å². The van der Waals surface area contributed by atoms with E-state index in [4.69, 9.17) is 4.74 Å². The molecule has 0 heterocycles. The zero-order chi connectivity index (χ0) is 13.1. The van der Waals surface area contributed by atoms with Crippen molar-refractivity contribution in [1.82, 2.24) is 0 Å². The van der Waals surface area contributed by atoms with Crippen LogP contribution in [0.3, 0.4) is 0 Å². The molecule has 1 atom stereocenters. The van der Waals surface area contributed by atoms with Gasteiger partial charge in [-0.05, 0) is 37.5 Å². The highest BCUT2D eigenvalue weighted by Gasteiger charge is 2.27. The van der Waals surface area contributed by atoms with Gasteiger partial charge in [-0.15, -0.1) is 0 Å². The van der Waals surface area contributed by atoms with Crippen LogP contribution in [0.15, 0.2) is 24.3 Å². The molecule has 0 saturated carbocycles. The lowest BCUT2D eigenvalue weighted by molar-refractivity contribution is 0.00898. The minimum atomic E-state index is -0.882. The Bertz CT molecular complexity index is 377. The van der Waals surface area contributed by atoms with Crippen LogP contribution >= 0.6 is 0 Å². The van der Waals surface area contributed by atoms with E-state index in [0.29, 0.717) is 12.2 Å². The molecule has 0 aromatic heterocycles. The van der Waals surface area contributed by atoms with Gasteiger partial charge in [-0.2, -0.15) is 0 Å². The van der Waals surface area contributed by atoms with Gasteiger partial charge >= 0.3 is 5.97 Å². The van der Waals surface area contributed by atoms with Crippen LogP contribution in [0.4, 0.5) is 0 Å². The zero-order valence-corrected chi connectivity index (χ0v) is 10.9. The van der Waals surface area contributed by atoms with Crippen molar-refractivity contribution >= 4 is 5.97 Å². The summed E-state index contributed by atoms with van der Waals surface area (Å²) in [5.74, 6) is -0.223. The van der Waals surface area contributed by atoms with E-state index in [2.05, 4.69) is 0 Å². The third kappa shape index (κ3) is 3.07. The summed E-state index contributed by atoms with van der Waals surface area (Å²) < 4.78 is 4.90. The van der Waals surface area contributed by atoms with Crippen molar-refractivity contribution in [2.24, 2.45) is 5.92 Å². The number of aliphatic hydroxyl groups is 1. The third-order valence-corrected chi connectivity index (χ3v) is 3.10. The fraction of sp³-hybridized carbons (Fsp3) is 0.500. The summed E-state index contributed by atoms with van der Waals surface area (Å²) in [6, 6.07) is 6.91. The molecule has 0 fully saturated rings. The summed E-state index contributed by atoms with van der Waals surface area (Å²) in [6.07, 6.45) is 0. The van der Waals surface area contributed by atoms with E-state index in [1.165, 1.54) is 0 Å². The van der Waals surface area contributed by atoms with Crippen molar-refractivity contribution in [1.29, 1.82) is 0 Å². The van der Waals surface area contributed by atoms with Crippen molar-refractivity contribution in [2.45, 2.75) is 33.3 Å². The van der Waals surface area contributed by atoms with Crippen LogP contribution < -0.4 is 0 Å². The first kappa shape index (κ1) is 13.7. The SMILES string of the molecule is CCOC(=O)c1ccc([C@](C)(O)C(C)C)cc1. The molecule has 0 aliphatic carbocycles. The second-order valence-electron chi connectivity index (χ2n) is 4.60. The van der Waals surface area contributed by atoms with E-state index in [1.54, 1.807) is 38.1 Å². The summed E-state index contributed by atoms with van der Waals surface area (Å²) in [6.45, 7) is 7.83. The average molecular weight is 236 g/mol. The number of rotatable bonds is 4. The van der Waals surface area contributed by atoms with Crippen molar-refractivity contribution in [3.8, 4) is 0 Å². The first-order valence-corrected chi connectivity index (χ1v) is 5.89. The summed E-state index contributed by atoms with van der Waals surface area (Å²) in [5.41, 5.74) is 0.434. The van der Waals surface area contributed by atoms with E-state index in [-0.39, 0.29) is 11.9 Å². The molecule has 1 N–H and O–H groups in total. The Morgan fingerprint density at radius 2 is 1.88 bits per heavy atom. The van der Waals surface area contributed by atoms with Gasteiger partial charge in [-0.1, -0.05) is 26.0 Å². The maximum Gasteiger partial charge on any atom is 0.338 e. The number of esters is 1. The molecule has 0 amide bonds. The van der Waals surface area contributed by atoms with Gasteiger partial charge in [-0.3, -0.25) is 0 Å². The van der Waals surface area contributed by atoms with Crippen LogP contribution in [0, 0.1) is 5.92 Å². The highest BCUT2D eigenvalue weighted by molar-refractivity contribution is 5.89. The fourth-order valence-electron chi connectivity index (χ4n) is 1.49. The van der Waals surface area contributed by atoms with Gasteiger partial charge in [0, 0.05) is 0 Å². The minimum absolute atomic E-state index is 0.107. The Hall–Kier alpha value is -1.35. The molecule has 0 radical (unpaired) electrons. The van der Waals surface area contributed by atoms with Crippen molar-refractivity contribution in [3.05, 3.63) is 35.4 Å². The molecule has 0 aliphatic rings. The smallest absolute Gasteiger partial charge is 0.338 e. The molecule has 3 nitrogen and oxygen atoms in total. The van der Waals surface area contributed by atoms with Crippen molar-refractivity contribution in [2.75, 3.05) is 6.61 Å². The first-order chi connectivity index (χ1) is 7.89. The Morgan fingerprint density at radius 3 is 2.29 bits per heavy atom. The molecule has 0 aliphatic heterocycles. The van der Waals surface area contributed by atoms with E-state index in [1.807, 2.05) is 13.8 Å². The molecule has 0 saturated heterocycles. The third-order valence-electron chi connectivity index (χ3n) is 3.10. The largest absolute Gasteiger partial charge is 0.462 e. The minimum Gasteiger partial charge on any atom is -0.462 e. The van der Waals surface area contributed by atoms with Gasteiger partial charge in [0.05, 0.1) is 17.8 Å². The number of hydrogen-bond acceptors (Lipinski definition) is 3. The highest BCUT2D eigenvalue weighted by Crippen LogP contribution is 2.28. The first-order valence-electron chi connectivity index (χ1n) is 5.89. The molecule has 17 heavy (non-hydrogen) atoms. The molecule has 0 spiro atoms. The average Bonchev–Trinajstić information content (AvgIpc) is 2.29. The number of ether oxygens (including phenoxy) is 1. The van der Waals surface area contributed by atoms with Gasteiger partial charge in [0.15, 0.2) is 0 Å². The van der Waals surface area contributed by atoms with E-state index >= 15 is 0 Å². The number of carbonyl (C=O) groups excluding carboxylic acids is 1. The predicted octanol–water partition coefficient (Wildman–Crippen LogP) is 2.73. The Kier molecular flexibility index (Phi) is 4.29. The zero-order valence-electron chi connectivity index (χ0n) is 10.9. The lowest BCUT2D eigenvalue weighted by Crippen LogP contribution is -2.27. The number of hydrogen-bond donors (Lipinski definition) is 1. The van der Waals surface area contributed by atoms with Gasteiger partial charge in [0.1, 0.15) is 0 Å². The number of carbonyl (C=O) groups is 1. The lowest BCUT2D eigenvalue weighted by Gasteiger charge is -2.28. The fourth-order valence-corrected chi connectivity index (χ4v) is 1.49.